The van der Waals surface area contributed by atoms with E-state index in [4.69, 9.17) is 21.4 Å². The van der Waals surface area contributed by atoms with Gasteiger partial charge in [-0.1, -0.05) is 16.8 Å². The van der Waals surface area contributed by atoms with Crippen LogP contribution in [0.5, 0.6) is 17.2 Å². The number of hydrogen-bond acceptors (Lipinski definition) is 6. The van der Waals surface area contributed by atoms with Crippen LogP contribution in [0.25, 0.3) is 0 Å². The summed E-state index contributed by atoms with van der Waals surface area (Å²) in [6.07, 6.45) is 1.35. The first-order chi connectivity index (χ1) is 15.2. The van der Waals surface area contributed by atoms with Crippen molar-refractivity contribution in [3.8, 4) is 17.2 Å². The van der Waals surface area contributed by atoms with Gasteiger partial charge >= 0.3 is 5.97 Å². The molecular weight excluding hydrogens is 570 g/mol. The fourth-order valence-electron chi connectivity index (χ4n) is 2.58. The number of carbonyl (C=O) groups excluding carboxylic acids is 1. The number of phenols is 1. The number of phenolic OH excluding ortho intramolecular Hbond substituents is 1. The summed E-state index contributed by atoms with van der Waals surface area (Å²) in [5, 5.41) is 22.8. The lowest BCUT2D eigenvalue weighted by Gasteiger charge is -2.12. The molecule has 3 aromatic rings. The normalized spacial score (nSPS) is 10.8. The Morgan fingerprint density at radius 3 is 2.31 bits per heavy atom. The zero-order valence-corrected chi connectivity index (χ0v) is 20.0. The maximum Gasteiger partial charge on any atom is 0.344 e. The maximum absolute atomic E-state index is 12.8. The van der Waals surface area contributed by atoms with E-state index in [0.717, 1.165) is 0 Å². The molecule has 0 unspecified atom stereocenters. The van der Waals surface area contributed by atoms with Gasteiger partial charge in [-0.3, -0.25) is 4.79 Å². The average molecular weight is 584 g/mol. The fraction of sp³-hybridized carbons (Fsp3) is 0.0455. The van der Waals surface area contributed by atoms with Gasteiger partial charge in [-0.05, 0) is 92.0 Å². The first-order valence-electron chi connectivity index (χ1n) is 8.92. The predicted molar refractivity (Wildman–Crippen MR) is 126 cm³/mol. The molecule has 0 spiro atoms. The summed E-state index contributed by atoms with van der Waals surface area (Å²) in [7, 11) is 0. The van der Waals surface area contributed by atoms with Gasteiger partial charge in [0.05, 0.1) is 20.7 Å². The Morgan fingerprint density at radius 1 is 1.03 bits per heavy atom. The van der Waals surface area contributed by atoms with E-state index in [1.807, 2.05) is 0 Å². The van der Waals surface area contributed by atoms with Gasteiger partial charge in [0.15, 0.2) is 11.5 Å². The number of ether oxygens (including phenoxy) is 1. The Hall–Kier alpha value is -2.88. The number of carboxylic acids is 1. The van der Waals surface area contributed by atoms with Gasteiger partial charge in [0, 0.05) is 10.6 Å². The number of ketones is 1. The van der Waals surface area contributed by atoms with E-state index < -0.39 is 12.6 Å². The molecule has 0 fully saturated rings. The molecule has 3 rings (SSSR count). The molecule has 7 nitrogen and oxygen atoms in total. The number of nitrogens with zero attached hydrogens (tertiary/aromatic N) is 1. The summed E-state index contributed by atoms with van der Waals surface area (Å²) in [5.74, 6) is -0.938. The van der Waals surface area contributed by atoms with E-state index in [1.54, 1.807) is 36.4 Å². The lowest BCUT2D eigenvalue weighted by molar-refractivity contribution is -0.142. The van der Waals surface area contributed by atoms with Crippen LogP contribution in [0.3, 0.4) is 0 Å². The van der Waals surface area contributed by atoms with Gasteiger partial charge in [-0.2, -0.15) is 0 Å². The first-order valence-corrected chi connectivity index (χ1v) is 10.9. The minimum absolute atomic E-state index is 0.0800. The molecule has 164 valence electrons. The summed E-state index contributed by atoms with van der Waals surface area (Å²) in [6.45, 7) is -0.544. The summed E-state index contributed by atoms with van der Waals surface area (Å²) >= 11 is 12.7. The van der Waals surface area contributed by atoms with Crippen LogP contribution in [-0.4, -0.2) is 34.8 Å². The van der Waals surface area contributed by atoms with Crippen molar-refractivity contribution < 1.29 is 29.4 Å². The molecule has 0 atom stereocenters. The number of halogens is 3. The maximum atomic E-state index is 12.8. The quantitative estimate of drug-likeness (QED) is 0.191. The third-order valence-electron chi connectivity index (χ3n) is 4.02. The highest BCUT2D eigenvalue weighted by atomic mass is 79.9. The van der Waals surface area contributed by atoms with E-state index in [-0.39, 0.29) is 17.1 Å². The lowest BCUT2D eigenvalue weighted by Crippen LogP contribution is -2.03. The second kappa shape index (κ2) is 10.6. The van der Waals surface area contributed by atoms with Crippen LogP contribution >= 0.6 is 43.5 Å². The summed E-state index contributed by atoms with van der Waals surface area (Å²) < 4.78 is 7.04. The lowest BCUT2D eigenvalue weighted by atomic mass is 10.0. The van der Waals surface area contributed by atoms with Crippen molar-refractivity contribution in [2.45, 2.75) is 0 Å². The monoisotopic (exact) mass is 581 g/mol. The molecule has 0 heterocycles. The van der Waals surface area contributed by atoms with Crippen molar-refractivity contribution in [3.05, 3.63) is 85.3 Å². The number of carbonyl (C=O) groups is 2. The minimum Gasteiger partial charge on any atom is -0.507 e. The van der Waals surface area contributed by atoms with Crippen molar-refractivity contribution in [3.63, 3.8) is 0 Å². The SMILES string of the molecule is O=C(O)CO/N=C/c1cc(Br)c(Oc2ccc(O)c(C(=O)c3ccc(Cl)cc3)c2)c(Br)c1. The Labute approximate surface area is 204 Å². The number of hydrogen-bond donors (Lipinski definition) is 2. The standard InChI is InChI=1S/C22H14Br2ClNO6/c23-17-7-12(10-26-31-11-20(28)29)8-18(24)22(17)32-15-5-6-19(27)16(9-15)21(30)13-1-3-14(25)4-2-13/h1-10,27H,11H2,(H,28,29)/b26-10+. The van der Waals surface area contributed by atoms with E-state index in [1.165, 1.54) is 24.4 Å². The van der Waals surface area contributed by atoms with E-state index >= 15 is 0 Å². The van der Waals surface area contributed by atoms with Crippen LogP contribution in [0.15, 0.2) is 68.7 Å². The number of aromatic hydroxyl groups is 1. The molecule has 10 heteroatoms. The second-order valence-electron chi connectivity index (χ2n) is 6.33. The summed E-state index contributed by atoms with van der Waals surface area (Å²) in [5.41, 5.74) is 1.07. The second-order valence-corrected chi connectivity index (χ2v) is 8.48. The number of rotatable bonds is 8. The van der Waals surface area contributed by atoms with Gasteiger partial charge < -0.3 is 19.8 Å². The molecule has 0 saturated heterocycles. The van der Waals surface area contributed by atoms with Gasteiger partial charge in [-0.25, -0.2) is 4.79 Å². The van der Waals surface area contributed by atoms with Gasteiger partial charge in [0.25, 0.3) is 0 Å². The van der Waals surface area contributed by atoms with Crippen molar-refractivity contribution in [1.29, 1.82) is 0 Å². The highest BCUT2D eigenvalue weighted by molar-refractivity contribution is 9.11. The third-order valence-corrected chi connectivity index (χ3v) is 5.45. The Bertz CT molecular complexity index is 1170. The summed E-state index contributed by atoms with van der Waals surface area (Å²) in [4.78, 5) is 27.9. The highest BCUT2D eigenvalue weighted by Crippen LogP contribution is 2.38. The number of carboxylic acid groups (broad SMARTS) is 1. The molecular formula is C22H14Br2ClNO6. The zero-order chi connectivity index (χ0) is 23.3. The molecule has 3 aromatic carbocycles. The van der Waals surface area contributed by atoms with E-state index in [2.05, 4.69) is 41.9 Å². The van der Waals surface area contributed by atoms with Crippen molar-refractivity contribution in [2.75, 3.05) is 6.61 Å². The number of oxime groups is 1. The van der Waals surface area contributed by atoms with Crippen molar-refractivity contribution in [1.82, 2.24) is 0 Å². The number of benzene rings is 3. The van der Waals surface area contributed by atoms with E-state index in [0.29, 0.717) is 36.6 Å². The van der Waals surface area contributed by atoms with Gasteiger partial charge in [0.1, 0.15) is 11.5 Å². The van der Waals surface area contributed by atoms with Crippen LogP contribution in [0, 0.1) is 0 Å². The molecule has 0 aliphatic rings. The van der Waals surface area contributed by atoms with Crippen LogP contribution in [-0.2, 0) is 9.63 Å². The Morgan fingerprint density at radius 2 is 1.69 bits per heavy atom. The molecule has 0 radical (unpaired) electrons. The largest absolute Gasteiger partial charge is 0.507 e. The molecule has 32 heavy (non-hydrogen) atoms. The van der Waals surface area contributed by atoms with Crippen LogP contribution in [0.2, 0.25) is 5.02 Å². The Kier molecular flexibility index (Phi) is 7.89. The molecule has 0 aliphatic carbocycles. The first kappa shape index (κ1) is 23.8. The molecule has 0 amide bonds. The third kappa shape index (κ3) is 6.09. The minimum atomic E-state index is -1.13. The van der Waals surface area contributed by atoms with Gasteiger partial charge in [0.2, 0.25) is 6.61 Å². The molecule has 0 aliphatic heterocycles. The Balaban J connectivity index is 1.83. The van der Waals surface area contributed by atoms with Crippen molar-refractivity contribution >= 4 is 61.4 Å². The molecule has 0 saturated carbocycles. The van der Waals surface area contributed by atoms with Crippen LogP contribution in [0.1, 0.15) is 21.5 Å². The summed E-state index contributed by atoms with van der Waals surface area (Å²) in [6, 6.07) is 14.1. The predicted octanol–water partition coefficient (Wildman–Crippen LogP) is 6.03. The smallest absolute Gasteiger partial charge is 0.344 e. The van der Waals surface area contributed by atoms with E-state index in [9.17, 15) is 14.7 Å². The zero-order valence-electron chi connectivity index (χ0n) is 16.1. The topological polar surface area (TPSA) is 105 Å². The van der Waals surface area contributed by atoms with Crippen LogP contribution in [0.4, 0.5) is 0 Å². The number of aliphatic carboxylic acids is 1. The van der Waals surface area contributed by atoms with Gasteiger partial charge in [-0.15, -0.1) is 0 Å². The molecule has 0 bridgehead atoms. The average Bonchev–Trinajstić information content (AvgIpc) is 2.75. The fourth-order valence-corrected chi connectivity index (χ4v) is 4.09. The highest BCUT2D eigenvalue weighted by Gasteiger charge is 2.17. The molecule has 0 aromatic heterocycles. The molecule has 2 N–H and O–H groups in total. The van der Waals surface area contributed by atoms with Crippen LogP contribution < -0.4 is 4.74 Å². The van der Waals surface area contributed by atoms with Crippen molar-refractivity contribution in [2.24, 2.45) is 5.16 Å².